The maximum absolute atomic E-state index is 12.8. The van der Waals surface area contributed by atoms with E-state index in [1.165, 1.54) is 21.3 Å². The van der Waals surface area contributed by atoms with Crippen molar-refractivity contribution in [1.82, 2.24) is 0 Å². The molecule has 1 unspecified atom stereocenters. The summed E-state index contributed by atoms with van der Waals surface area (Å²) in [5.74, 6) is 0.406. The molecule has 1 saturated heterocycles. The number of ether oxygens (including phenoxy) is 6. The third-order valence-corrected chi connectivity index (χ3v) is 5.47. The van der Waals surface area contributed by atoms with Crippen molar-refractivity contribution in [1.29, 1.82) is 0 Å². The summed E-state index contributed by atoms with van der Waals surface area (Å²) in [5, 5.41) is 10.9. The molecule has 0 radical (unpaired) electrons. The van der Waals surface area contributed by atoms with Crippen LogP contribution in [0.15, 0.2) is 6.07 Å². The van der Waals surface area contributed by atoms with E-state index in [-0.39, 0.29) is 36.7 Å². The van der Waals surface area contributed by atoms with Gasteiger partial charge < -0.3 is 33.5 Å². The predicted molar refractivity (Wildman–Crippen MR) is 120 cm³/mol. The van der Waals surface area contributed by atoms with Gasteiger partial charge in [0, 0.05) is 6.61 Å². The lowest BCUT2D eigenvalue weighted by molar-refractivity contribution is -0.194. The Morgan fingerprint density at radius 2 is 1.91 bits per heavy atom. The van der Waals surface area contributed by atoms with Crippen molar-refractivity contribution in [3.8, 4) is 17.2 Å². The van der Waals surface area contributed by atoms with Crippen LogP contribution in [-0.4, -0.2) is 64.1 Å². The molecule has 0 bridgehead atoms. The highest BCUT2D eigenvalue weighted by atomic mass is 16.7. The maximum atomic E-state index is 12.8. The molecular formula is C24H38O8. The first kappa shape index (κ1) is 26.2. The lowest BCUT2D eigenvalue weighted by Gasteiger charge is -2.29. The highest BCUT2D eigenvalue weighted by molar-refractivity contribution is 5.96. The van der Waals surface area contributed by atoms with Crippen LogP contribution < -0.4 is 14.2 Å². The SMILES string of the molecule is CCC[C@@H](C[C@H](O)Cc1cc(OC)c(OC)c(OC)c1C(=O)OCC)OC1CCCCO1. The summed E-state index contributed by atoms with van der Waals surface area (Å²) in [6.07, 6.45) is 4.29. The lowest BCUT2D eigenvalue weighted by atomic mass is 9.95. The van der Waals surface area contributed by atoms with Gasteiger partial charge in [-0.2, -0.15) is 0 Å². The molecule has 8 nitrogen and oxygen atoms in total. The third-order valence-electron chi connectivity index (χ3n) is 5.47. The van der Waals surface area contributed by atoms with Crippen LogP contribution in [0.25, 0.3) is 0 Å². The fourth-order valence-electron chi connectivity index (χ4n) is 4.03. The minimum absolute atomic E-state index is 0.133. The van der Waals surface area contributed by atoms with Gasteiger partial charge in [0.15, 0.2) is 17.8 Å². The molecule has 8 heteroatoms. The van der Waals surface area contributed by atoms with E-state index in [9.17, 15) is 9.90 Å². The van der Waals surface area contributed by atoms with Crippen molar-refractivity contribution in [3.05, 3.63) is 17.2 Å². The van der Waals surface area contributed by atoms with Gasteiger partial charge in [0.1, 0.15) is 5.56 Å². The molecule has 1 aromatic carbocycles. The number of aliphatic hydroxyl groups excluding tert-OH is 1. The van der Waals surface area contributed by atoms with Crippen molar-refractivity contribution < 1.29 is 38.3 Å². The Morgan fingerprint density at radius 3 is 2.47 bits per heavy atom. The van der Waals surface area contributed by atoms with Crippen molar-refractivity contribution >= 4 is 5.97 Å². The van der Waals surface area contributed by atoms with Crippen molar-refractivity contribution in [3.63, 3.8) is 0 Å². The van der Waals surface area contributed by atoms with Crippen LogP contribution in [0.4, 0.5) is 0 Å². The van der Waals surface area contributed by atoms with Crippen molar-refractivity contribution in [2.75, 3.05) is 34.5 Å². The zero-order valence-corrected chi connectivity index (χ0v) is 20.0. The van der Waals surface area contributed by atoms with Gasteiger partial charge in [-0.05, 0) is 57.1 Å². The predicted octanol–water partition coefficient (Wildman–Crippen LogP) is 3.89. The minimum atomic E-state index is -0.744. The van der Waals surface area contributed by atoms with Crippen LogP contribution in [0.2, 0.25) is 0 Å². The number of aliphatic hydroxyl groups is 1. The average Bonchev–Trinajstić information content (AvgIpc) is 2.78. The minimum Gasteiger partial charge on any atom is -0.493 e. The molecule has 2 rings (SSSR count). The molecule has 1 aliphatic heterocycles. The zero-order chi connectivity index (χ0) is 23.5. The summed E-state index contributed by atoms with van der Waals surface area (Å²) in [7, 11) is 4.44. The molecule has 0 aliphatic carbocycles. The van der Waals surface area contributed by atoms with Gasteiger partial charge in [-0.1, -0.05) is 13.3 Å². The summed E-state index contributed by atoms with van der Waals surface area (Å²) in [4.78, 5) is 12.8. The number of hydrogen-bond donors (Lipinski definition) is 1. The number of rotatable bonds is 13. The molecule has 0 aromatic heterocycles. The fourth-order valence-corrected chi connectivity index (χ4v) is 4.03. The second-order valence-electron chi connectivity index (χ2n) is 7.84. The van der Waals surface area contributed by atoms with Gasteiger partial charge in [0.25, 0.3) is 0 Å². The fraction of sp³-hybridized carbons (Fsp3) is 0.708. The first-order valence-electron chi connectivity index (χ1n) is 11.4. The normalized spacial score (nSPS) is 18.0. The second-order valence-corrected chi connectivity index (χ2v) is 7.84. The standard InChI is InChI=1S/C24H38O8/c1-6-10-18(32-20-11-8-9-12-31-20)15-17(25)13-16-14-19(27-3)22(28-4)23(29-5)21(16)24(26)30-7-2/h14,17-18,20,25H,6-13,15H2,1-5H3/t17-,18+,20?/m1/s1. The molecule has 3 atom stereocenters. The Hall–Kier alpha value is -2.03. The number of esters is 1. The summed E-state index contributed by atoms with van der Waals surface area (Å²) in [6, 6.07) is 1.69. The Balaban J connectivity index is 2.26. The molecular weight excluding hydrogens is 416 g/mol. The first-order valence-corrected chi connectivity index (χ1v) is 11.4. The molecule has 0 spiro atoms. The summed E-state index contributed by atoms with van der Waals surface area (Å²) >= 11 is 0. The average molecular weight is 455 g/mol. The highest BCUT2D eigenvalue weighted by Gasteiger charge is 2.29. The van der Waals surface area contributed by atoms with E-state index >= 15 is 0 Å². The van der Waals surface area contributed by atoms with Crippen LogP contribution in [-0.2, 0) is 20.6 Å². The van der Waals surface area contributed by atoms with Crippen LogP contribution in [0.3, 0.4) is 0 Å². The number of carbonyl (C=O) groups excluding carboxylic acids is 1. The first-order chi connectivity index (χ1) is 15.5. The Kier molecular flexibility index (Phi) is 11.1. The quantitative estimate of drug-likeness (QED) is 0.449. The molecule has 0 saturated carbocycles. The van der Waals surface area contributed by atoms with E-state index in [1.807, 2.05) is 0 Å². The largest absolute Gasteiger partial charge is 0.493 e. The molecule has 1 N–H and O–H groups in total. The second kappa shape index (κ2) is 13.5. The highest BCUT2D eigenvalue weighted by Crippen LogP contribution is 2.43. The monoisotopic (exact) mass is 454 g/mol. The van der Waals surface area contributed by atoms with E-state index in [2.05, 4.69) is 6.92 Å². The zero-order valence-electron chi connectivity index (χ0n) is 20.0. The van der Waals surface area contributed by atoms with Gasteiger partial charge >= 0.3 is 5.97 Å². The lowest BCUT2D eigenvalue weighted by Crippen LogP contribution is -2.31. The summed E-state index contributed by atoms with van der Waals surface area (Å²) in [6.45, 7) is 4.74. The van der Waals surface area contributed by atoms with E-state index in [0.29, 0.717) is 30.1 Å². The topological polar surface area (TPSA) is 92.7 Å². The van der Waals surface area contributed by atoms with E-state index in [4.69, 9.17) is 28.4 Å². The molecule has 0 amide bonds. The number of carbonyl (C=O) groups is 1. The summed E-state index contributed by atoms with van der Waals surface area (Å²) < 4.78 is 33.4. The van der Waals surface area contributed by atoms with Gasteiger partial charge in [0.2, 0.25) is 5.75 Å². The van der Waals surface area contributed by atoms with Crippen LogP contribution in [0, 0.1) is 0 Å². The van der Waals surface area contributed by atoms with Crippen molar-refractivity contribution in [2.45, 2.75) is 77.3 Å². The van der Waals surface area contributed by atoms with Gasteiger partial charge in [0.05, 0.1) is 40.1 Å². The number of methoxy groups -OCH3 is 3. The summed E-state index contributed by atoms with van der Waals surface area (Å²) in [5.41, 5.74) is 0.796. The molecule has 1 aromatic rings. The van der Waals surface area contributed by atoms with E-state index in [1.54, 1.807) is 13.0 Å². The van der Waals surface area contributed by atoms with Gasteiger partial charge in [-0.15, -0.1) is 0 Å². The molecule has 1 heterocycles. The van der Waals surface area contributed by atoms with E-state index in [0.717, 1.165) is 32.1 Å². The van der Waals surface area contributed by atoms with Gasteiger partial charge in [-0.3, -0.25) is 0 Å². The van der Waals surface area contributed by atoms with Crippen LogP contribution in [0.5, 0.6) is 17.2 Å². The smallest absolute Gasteiger partial charge is 0.342 e. The Labute approximate surface area is 191 Å². The molecule has 1 aliphatic rings. The number of hydrogen-bond acceptors (Lipinski definition) is 8. The van der Waals surface area contributed by atoms with Crippen LogP contribution in [0.1, 0.15) is 68.3 Å². The molecule has 182 valence electrons. The van der Waals surface area contributed by atoms with Crippen molar-refractivity contribution in [2.24, 2.45) is 0 Å². The molecule has 32 heavy (non-hydrogen) atoms. The van der Waals surface area contributed by atoms with Gasteiger partial charge in [-0.25, -0.2) is 4.79 Å². The maximum Gasteiger partial charge on any atom is 0.342 e. The number of benzene rings is 1. The molecule has 1 fully saturated rings. The van der Waals surface area contributed by atoms with E-state index < -0.39 is 12.1 Å². The Morgan fingerprint density at radius 1 is 1.16 bits per heavy atom. The van der Waals surface area contributed by atoms with Crippen LogP contribution >= 0.6 is 0 Å². The third kappa shape index (κ3) is 6.98. The Bertz CT molecular complexity index is 714.